The standard InChI is InChI=1S/C22H21BrN2O5S/c1-4-25-20(27)18(11-14-9-15(23)12-17(29-3)19(14)26)31-22(25)24-16-8-6-7-13(10-16)21(28)30-5-2/h6-12,26H,4-5H2,1-3H3. The van der Waals surface area contributed by atoms with Crippen molar-refractivity contribution in [3.8, 4) is 11.5 Å². The molecule has 1 aliphatic rings. The van der Waals surface area contributed by atoms with Crippen LogP contribution < -0.4 is 4.74 Å². The lowest BCUT2D eigenvalue weighted by molar-refractivity contribution is -0.122. The molecule has 31 heavy (non-hydrogen) atoms. The summed E-state index contributed by atoms with van der Waals surface area (Å²) in [5.74, 6) is -0.395. The molecule has 2 aromatic rings. The van der Waals surface area contributed by atoms with E-state index in [1.807, 2.05) is 6.92 Å². The summed E-state index contributed by atoms with van der Waals surface area (Å²) in [7, 11) is 1.46. The molecule has 2 aromatic carbocycles. The van der Waals surface area contributed by atoms with Crippen LogP contribution in [0.2, 0.25) is 0 Å². The lowest BCUT2D eigenvalue weighted by atomic mass is 10.1. The van der Waals surface area contributed by atoms with E-state index in [0.29, 0.717) is 43.7 Å². The van der Waals surface area contributed by atoms with Gasteiger partial charge in [0.05, 0.1) is 29.9 Å². The van der Waals surface area contributed by atoms with E-state index >= 15 is 0 Å². The van der Waals surface area contributed by atoms with Gasteiger partial charge in [-0.3, -0.25) is 9.69 Å². The summed E-state index contributed by atoms with van der Waals surface area (Å²) in [6.45, 7) is 4.31. The van der Waals surface area contributed by atoms with Crippen LogP contribution in [0.5, 0.6) is 11.5 Å². The molecule has 162 valence electrons. The van der Waals surface area contributed by atoms with Crippen LogP contribution in [0.1, 0.15) is 29.8 Å². The zero-order valence-corrected chi connectivity index (χ0v) is 19.6. The number of benzene rings is 2. The van der Waals surface area contributed by atoms with E-state index in [9.17, 15) is 14.7 Å². The fourth-order valence-electron chi connectivity index (χ4n) is 2.90. The van der Waals surface area contributed by atoms with Gasteiger partial charge in [0.15, 0.2) is 16.7 Å². The number of methoxy groups -OCH3 is 1. The third-order valence-corrected chi connectivity index (χ3v) is 5.83. The number of carbonyl (C=O) groups is 2. The Kier molecular flexibility index (Phi) is 7.40. The number of thioether (sulfide) groups is 1. The Bertz CT molecular complexity index is 1080. The van der Waals surface area contributed by atoms with E-state index in [0.717, 1.165) is 0 Å². The Hall–Kier alpha value is -2.78. The number of nitrogens with zero attached hydrogens (tertiary/aromatic N) is 2. The molecule has 0 atom stereocenters. The molecule has 0 saturated carbocycles. The minimum atomic E-state index is -0.424. The molecule has 0 spiro atoms. The molecule has 1 saturated heterocycles. The van der Waals surface area contributed by atoms with Crippen LogP contribution in [-0.4, -0.2) is 47.3 Å². The second-order valence-corrected chi connectivity index (χ2v) is 8.30. The van der Waals surface area contributed by atoms with Gasteiger partial charge >= 0.3 is 5.97 Å². The van der Waals surface area contributed by atoms with Crippen molar-refractivity contribution in [1.82, 2.24) is 4.90 Å². The van der Waals surface area contributed by atoms with Gasteiger partial charge in [-0.2, -0.15) is 0 Å². The van der Waals surface area contributed by atoms with Gasteiger partial charge in [-0.25, -0.2) is 9.79 Å². The molecule has 1 amide bonds. The van der Waals surface area contributed by atoms with Crippen LogP contribution in [0, 0.1) is 0 Å². The molecule has 0 unspecified atom stereocenters. The van der Waals surface area contributed by atoms with Gasteiger partial charge in [-0.1, -0.05) is 22.0 Å². The predicted molar refractivity (Wildman–Crippen MR) is 125 cm³/mol. The van der Waals surface area contributed by atoms with Crippen LogP contribution in [0.3, 0.4) is 0 Å². The molecular weight excluding hydrogens is 484 g/mol. The van der Waals surface area contributed by atoms with Crippen molar-refractivity contribution in [3.63, 3.8) is 0 Å². The first-order valence-electron chi connectivity index (χ1n) is 9.51. The van der Waals surface area contributed by atoms with Gasteiger partial charge in [0.2, 0.25) is 0 Å². The van der Waals surface area contributed by atoms with Crippen molar-refractivity contribution in [2.24, 2.45) is 4.99 Å². The molecule has 7 nitrogen and oxygen atoms in total. The lowest BCUT2D eigenvalue weighted by Gasteiger charge is -2.12. The number of aliphatic imine (C=N–C) groups is 1. The largest absolute Gasteiger partial charge is 0.504 e. The number of hydrogen-bond donors (Lipinski definition) is 1. The quantitative estimate of drug-likeness (QED) is 0.441. The summed E-state index contributed by atoms with van der Waals surface area (Å²) in [4.78, 5) is 31.4. The highest BCUT2D eigenvalue weighted by Gasteiger charge is 2.32. The zero-order chi connectivity index (χ0) is 22.5. The number of amides is 1. The molecule has 1 fully saturated rings. The average molecular weight is 505 g/mol. The summed E-state index contributed by atoms with van der Waals surface area (Å²) in [6.07, 6.45) is 1.61. The van der Waals surface area contributed by atoms with Crippen molar-refractivity contribution in [1.29, 1.82) is 0 Å². The van der Waals surface area contributed by atoms with Gasteiger partial charge in [0.1, 0.15) is 0 Å². The van der Waals surface area contributed by atoms with Crippen LogP contribution in [0.4, 0.5) is 5.69 Å². The topological polar surface area (TPSA) is 88.4 Å². The smallest absolute Gasteiger partial charge is 0.338 e. The maximum Gasteiger partial charge on any atom is 0.338 e. The van der Waals surface area contributed by atoms with E-state index in [4.69, 9.17) is 9.47 Å². The molecule has 0 aliphatic carbocycles. The van der Waals surface area contributed by atoms with Gasteiger partial charge < -0.3 is 14.6 Å². The molecule has 1 N–H and O–H groups in total. The van der Waals surface area contributed by atoms with Gasteiger partial charge in [0, 0.05) is 16.6 Å². The highest BCUT2D eigenvalue weighted by molar-refractivity contribution is 9.10. The number of rotatable bonds is 6. The SMILES string of the molecule is CCOC(=O)c1cccc(N=C2SC(=Cc3cc(Br)cc(OC)c3O)C(=O)N2CC)c1. The highest BCUT2D eigenvalue weighted by Crippen LogP contribution is 2.39. The lowest BCUT2D eigenvalue weighted by Crippen LogP contribution is -2.28. The van der Waals surface area contributed by atoms with E-state index in [2.05, 4.69) is 20.9 Å². The first kappa shape index (κ1) is 22.9. The minimum Gasteiger partial charge on any atom is -0.504 e. The third-order valence-electron chi connectivity index (χ3n) is 4.36. The number of phenolic OH excluding ortho intramolecular Hbond substituents is 1. The molecular formula is C22H21BrN2O5S. The fourth-order valence-corrected chi connectivity index (χ4v) is 4.41. The van der Waals surface area contributed by atoms with Crippen LogP contribution in [-0.2, 0) is 9.53 Å². The van der Waals surface area contributed by atoms with Gasteiger partial charge in [0.25, 0.3) is 5.91 Å². The summed E-state index contributed by atoms with van der Waals surface area (Å²) in [6, 6.07) is 10.1. The molecule has 0 radical (unpaired) electrons. The number of aromatic hydroxyl groups is 1. The molecule has 0 bridgehead atoms. The van der Waals surface area contributed by atoms with Crippen LogP contribution in [0.25, 0.3) is 6.08 Å². The monoisotopic (exact) mass is 504 g/mol. The molecule has 9 heteroatoms. The highest BCUT2D eigenvalue weighted by atomic mass is 79.9. The number of phenols is 1. The Balaban J connectivity index is 1.96. The Labute approximate surface area is 192 Å². The first-order valence-corrected chi connectivity index (χ1v) is 11.1. The zero-order valence-electron chi connectivity index (χ0n) is 17.2. The number of esters is 1. The van der Waals surface area contributed by atoms with Crippen molar-refractivity contribution in [2.75, 3.05) is 20.3 Å². The summed E-state index contributed by atoms with van der Waals surface area (Å²) in [5, 5.41) is 10.9. The molecule has 1 heterocycles. The van der Waals surface area contributed by atoms with Crippen molar-refractivity contribution < 1.29 is 24.2 Å². The number of amidine groups is 1. The second-order valence-electron chi connectivity index (χ2n) is 6.37. The predicted octanol–water partition coefficient (Wildman–Crippen LogP) is 4.96. The average Bonchev–Trinajstić information content (AvgIpc) is 3.04. The maximum atomic E-state index is 12.9. The first-order chi connectivity index (χ1) is 14.9. The summed E-state index contributed by atoms with van der Waals surface area (Å²) < 4.78 is 10.9. The number of carbonyl (C=O) groups excluding carboxylic acids is 2. The number of likely N-dealkylation sites (N-methyl/N-ethyl adjacent to an activating group) is 1. The van der Waals surface area contributed by atoms with E-state index < -0.39 is 5.97 Å². The Morgan fingerprint density at radius 1 is 1.29 bits per heavy atom. The maximum absolute atomic E-state index is 12.9. The molecule has 1 aliphatic heterocycles. The van der Waals surface area contributed by atoms with E-state index in [1.54, 1.807) is 54.3 Å². The van der Waals surface area contributed by atoms with E-state index in [1.165, 1.54) is 18.9 Å². The third kappa shape index (κ3) is 5.11. The van der Waals surface area contributed by atoms with Gasteiger partial charge in [-0.15, -0.1) is 0 Å². The summed E-state index contributed by atoms with van der Waals surface area (Å²) >= 11 is 4.58. The fraction of sp³-hybridized carbons (Fsp3) is 0.227. The number of halogens is 1. The minimum absolute atomic E-state index is 0.0535. The van der Waals surface area contributed by atoms with Gasteiger partial charge in [-0.05, 0) is 62.0 Å². The number of ether oxygens (including phenoxy) is 2. The normalized spacial score (nSPS) is 16.3. The van der Waals surface area contributed by atoms with Crippen molar-refractivity contribution in [2.45, 2.75) is 13.8 Å². The summed E-state index contributed by atoms with van der Waals surface area (Å²) in [5.41, 5.74) is 1.37. The number of hydrogen-bond acceptors (Lipinski definition) is 7. The Morgan fingerprint density at radius 2 is 2.06 bits per heavy atom. The Morgan fingerprint density at radius 3 is 2.74 bits per heavy atom. The molecule has 0 aromatic heterocycles. The van der Waals surface area contributed by atoms with E-state index in [-0.39, 0.29) is 18.3 Å². The molecule has 3 rings (SSSR count). The van der Waals surface area contributed by atoms with Crippen LogP contribution >= 0.6 is 27.7 Å². The van der Waals surface area contributed by atoms with Crippen LogP contribution in [0.15, 0.2) is 50.8 Å². The van der Waals surface area contributed by atoms with Crippen molar-refractivity contribution >= 4 is 56.5 Å². The van der Waals surface area contributed by atoms with Crippen molar-refractivity contribution in [3.05, 3.63) is 56.9 Å². The second kappa shape index (κ2) is 10.0.